The number of rotatable bonds is 8. The first-order valence-electron chi connectivity index (χ1n) is 10.9. The lowest BCUT2D eigenvalue weighted by Crippen LogP contribution is -2.38. The van der Waals surface area contributed by atoms with Gasteiger partial charge in [-0.15, -0.1) is 0 Å². The number of benzene rings is 2. The molecule has 166 valence electrons. The van der Waals surface area contributed by atoms with E-state index in [1.807, 2.05) is 36.7 Å². The number of likely N-dealkylation sites (tertiary alicyclic amines) is 1. The minimum atomic E-state index is -0.681. The Labute approximate surface area is 188 Å². The number of piperidine rings is 1. The molecule has 2 aromatic carbocycles. The largest absolute Gasteiger partial charge is 0.492 e. The SMILES string of the molecule is Cc1ccc(-c2cnc(Nc3cccc(OCCN4CCC(C(=O)O)CC4)c3)nc2)cc1. The van der Waals surface area contributed by atoms with Crippen molar-refractivity contribution in [1.29, 1.82) is 0 Å². The molecule has 1 fully saturated rings. The van der Waals surface area contributed by atoms with Crippen molar-refractivity contribution in [2.45, 2.75) is 19.8 Å². The number of carbonyl (C=O) groups is 1. The van der Waals surface area contributed by atoms with Crippen LogP contribution in [0.5, 0.6) is 5.75 Å². The Kier molecular flexibility index (Phi) is 6.97. The molecule has 0 unspecified atom stereocenters. The van der Waals surface area contributed by atoms with Crippen molar-refractivity contribution in [2.24, 2.45) is 5.92 Å². The minimum absolute atomic E-state index is 0.205. The fourth-order valence-electron chi connectivity index (χ4n) is 3.78. The summed E-state index contributed by atoms with van der Waals surface area (Å²) in [6.45, 7) is 5.02. The maximum Gasteiger partial charge on any atom is 0.306 e. The van der Waals surface area contributed by atoms with Gasteiger partial charge in [-0.25, -0.2) is 9.97 Å². The molecule has 32 heavy (non-hydrogen) atoms. The molecule has 0 saturated carbocycles. The highest BCUT2D eigenvalue weighted by atomic mass is 16.5. The van der Waals surface area contributed by atoms with Crippen LogP contribution in [-0.2, 0) is 4.79 Å². The van der Waals surface area contributed by atoms with E-state index in [2.05, 4.69) is 51.4 Å². The zero-order valence-corrected chi connectivity index (χ0v) is 18.2. The predicted molar refractivity (Wildman–Crippen MR) is 124 cm³/mol. The molecule has 7 heteroatoms. The number of carboxylic acids is 1. The lowest BCUT2D eigenvalue weighted by molar-refractivity contribution is -0.143. The first kappa shape index (κ1) is 21.8. The van der Waals surface area contributed by atoms with Gasteiger partial charge in [-0.1, -0.05) is 35.9 Å². The lowest BCUT2D eigenvalue weighted by Gasteiger charge is -2.29. The number of aliphatic carboxylic acids is 1. The number of hydrogen-bond donors (Lipinski definition) is 2. The van der Waals surface area contributed by atoms with Crippen molar-refractivity contribution in [3.8, 4) is 16.9 Å². The molecule has 4 rings (SSSR count). The minimum Gasteiger partial charge on any atom is -0.492 e. The summed E-state index contributed by atoms with van der Waals surface area (Å²) < 4.78 is 5.91. The van der Waals surface area contributed by atoms with Gasteiger partial charge in [0.2, 0.25) is 5.95 Å². The van der Waals surface area contributed by atoms with Gasteiger partial charge >= 0.3 is 5.97 Å². The molecule has 2 N–H and O–H groups in total. The van der Waals surface area contributed by atoms with E-state index in [1.165, 1.54) is 5.56 Å². The quantitative estimate of drug-likeness (QED) is 0.546. The second-order valence-electron chi connectivity index (χ2n) is 8.12. The number of ether oxygens (including phenoxy) is 1. The molecule has 2 heterocycles. The van der Waals surface area contributed by atoms with E-state index in [9.17, 15) is 4.79 Å². The standard InChI is InChI=1S/C25H28N4O3/c1-18-5-7-19(8-6-18)21-16-26-25(27-17-21)28-22-3-2-4-23(15-22)32-14-13-29-11-9-20(10-12-29)24(30)31/h2-8,15-17,20H,9-14H2,1H3,(H,30,31)(H,26,27,28). The van der Waals surface area contributed by atoms with Crippen molar-refractivity contribution in [1.82, 2.24) is 14.9 Å². The Morgan fingerprint density at radius 2 is 1.81 bits per heavy atom. The maximum absolute atomic E-state index is 11.1. The van der Waals surface area contributed by atoms with E-state index in [1.54, 1.807) is 0 Å². The van der Waals surface area contributed by atoms with E-state index < -0.39 is 5.97 Å². The van der Waals surface area contributed by atoms with Crippen LogP contribution < -0.4 is 10.1 Å². The highest BCUT2D eigenvalue weighted by molar-refractivity contribution is 5.70. The zero-order chi connectivity index (χ0) is 22.3. The maximum atomic E-state index is 11.1. The summed E-state index contributed by atoms with van der Waals surface area (Å²) in [7, 11) is 0. The van der Waals surface area contributed by atoms with Gasteiger partial charge < -0.3 is 15.2 Å². The van der Waals surface area contributed by atoms with Crippen LogP contribution in [0.1, 0.15) is 18.4 Å². The van der Waals surface area contributed by atoms with E-state index in [0.29, 0.717) is 25.4 Å². The monoisotopic (exact) mass is 432 g/mol. The van der Waals surface area contributed by atoms with Crippen LogP contribution in [0, 0.1) is 12.8 Å². The second-order valence-corrected chi connectivity index (χ2v) is 8.12. The van der Waals surface area contributed by atoms with Crippen LogP contribution in [0.15, 0.2) is 60.9 Å². The van der Waals surface area contributed by atoms with Crippen molar-refractivity contribution in [2.75, 3.05) is 31.6 Å². The molecule has 1 aromatic heterocycles. The fourth-order valence-corrected chi connectivity index (χ4v) is 3.78. The molecule has 0 aliphatic carbocycles. The Morgan fingerprint density at radius 3 is 2.50 bits per heavy atom. The van der Waals surface area contributed by atoms with E-state index in [-0.39, 0.29) is 5.92 Å². The summed E-state index contributed by atoms with van der Waals surface area (Å²) in [4.78, 5) is 22.2. The fraction of sp³-hybridized carbons (Fsp3) is 0.320. The van der Waals surface area contributed by atoms with Crippen LogP contribution in [0.25, 0.3) is 11.1 Å². The van der Waals surface area contributed by atoms with E-state index in [4.69, 9.17) is 9.84 Å². The van der Waals surface area contributed by atoms with E-state index >= 15 is 0 Å². The van der Waals surface area contributed by atoms with Crippen molar-refractivity contribution >= 4 is 17.6 Å². The summed E-state index contributed by atoms with van der Waals surface area (Å²) in [5.41, 5.74) is 4.13. The van der Waals surface area contributed by atoms with Crippen molar-refractivity contribution in [3.05, 3.63) is 66.5 Å². The summed E-state index contributed by atoms with van der Waals surface area (Å²) >= 11 is 0. The number of carboxylic acid groups (broad SMARTS) is 1. The first-order valence-corrected chi connectivity index (χ1v) is 10.9. The van der Waals surface area contributed by atoms with Gasteiger partial charge in [0.15, 0.2) is 0 Å². The summed E-state index contributed by atoms with van der Waals surface area (Å²) in [5.74, 6) is 0.410. The molecule has 0 amide bonds. The highest BCUT2D eigenvalue weighted by Crippen LogP contribution is 2.22. The van der Waals surface area contributed by atoms with Gasteiger partial charge in [0.05, 0.1) is 5.92 Å². The van der Waals surface area contributed by atoms with E-state index in [0.717, 1.165) is 42.2 Å². The van der Waals surface area contributed by atoms with Gasteiger partial charge in [-0.2, -0.15) is 0 Å². The smallest absolute Gasteiger partial charge is 0.306 e. The van der Waals surface area contributed by atoms with Crippen LogP contribution >= 0.6 is 0 Å². The van der Waals surface area contributed by atoms with Crippen LogP contribution in [-0.4, -0.2) is 52.2 Å². The Morgan fingerprint density at radius 1 is 1.09 bits per heavy atom. The third-order valence-electron chi connectivity index (χ3n) is 5.74. The topological polar surface area (TPSA) is 87.6 Å². The predicted octanol–water partition coefficient (Wildman–Crippen LogP) is 4.37. The van der Waals surface area contributed by atoms with Gasteiger partial charge in [0, 0.05) is 36.3 Å². The van der Waals surface area contributed by atoms with Gasteiger partial charge in [-0.05, 0) is 50.6 Å². The second kappa shape index (κ2) is 10.2. The number of aromatic nitrogens is 2. The third-order valence-corrected chi connectivity index (χ3v) is 5.74. The lowest BCUT2D eigenvalue weighted by atomic mass is 9.97. The molecule has 1 saturated heterocycles. The number of hydrogen-bond acceptors (Lipinski definition) is 6. The van der Waals surface area contributed by atoms with Gasteiger partial charge in [-0.3, -0.25) is 9.69 Å². The molecule has 0 atom stereocenters. The van der Waals surface area contributed by atoms with Crippen molar-refractivity contribution < 1.29 is 14.6 Å². The summed E-state index contributed by atoms with van der Waals surface area (Å²) in [6, 6.07) is 16.0. The van der Waals surface area contributed by atoms with Crippen LogP contribution in [0.4, 0.5) is 11.6 Å². The molecule has 0 spiro atoms. The average molecular weight is 433 g/mol. The number of nitrogens with zero attached hydrogens (tertiary/aromatic N) is 3. The highest BCUT2D eigenvalue weighted by Gasteiger charge is 2.24. The zero-order valence-electron chi connectivity index (χ0n) is 18.2. The Hall–Kier alpha value is -3.45. The molecule has 7 nitrogen and oxygen atoms in total. The van der Waals surface area contributed by atoms with Gasteiger partial charge in [0.25, 0.3) is 0 Å². The van der Waals surface area contributed by atoms with Crippen LogP contribution in [0.2, 0.25) is 0 Å². The molecule has 0 radical (unpaired) electrons. The summed E-state index contributed by atoms with van der Waals surface area (Å²) in [6.07, 6.45) is 5.04. The number of anilines is 2. The molecule has 1 aliphatic rings. The molecule has 0 bridgehead atoms. The van der Waals surface area contributed by atoms with Crippen LogP contribution in [0.3, 0.4) is 0 Å². The average Bonchev–Trinajstić information content (AvgIpc) is 2.81. The number of aryl methyl sites for hydroxylation is 1. The Balaban J connectivity index is 1.27. The molecular formula is C25H28N4O3. The summed E-state index contributed by atoms with van der Waals surface area (Å²) in [5, 5.41) is 12.3. The Bertz CT molecular complexity index is 1030. The van der Waals surface area contributed by atoms with Gasteiger partial charge in [0.1, 0.15) is 12.4 Å². The third kappa shape index (κ3) is 5.82. The number of nitrogens with one attached hydrogen (secondary N) is 1. The molecule has 3 aromatic rings. The normalized spacial score (nSPS) is 14.8. The van der Waals surface area contributed by atoms with Crippen molar-refractivity contribution in [3.63, 3.8) is 0 Å². The molecular weight excluding hydrogens is 404 g/mol. The first-order chi connectivity index (χ1) is 15.6. The molecule has 1 aliphatic heterocycles.